The molecule has 1 fully saturated rings. The second-order valence-corrected chi connectivity index (χ2v) is 9.84. The summed E-state index contributed by atoms with van der Waals surface area (Å²) in [6.07, 6.45) is 7.15. The first-order valence-corrected chi connectivity index (χ1v) is 12.1. The van der Waals surface area contributed by atoms with Gasteiger partial charge >= 0.3 is 0 Å². The van der Waals surface area contributed by atoms with Crippen molar-refractivity contribution in [3.63, 3.8) is 0 Å². The van der Waals surface area contributed by atoms with E-state index >= 15 is 0 Å². The predicted octanol–water partition coefficient (Wildman–Crippen LogP) is 4.57. The predicted molar refractivity (Wildman–Crippen MR) is 124 cm³/mol. The average molecular weight is 451 g/mol. The van der Waals surface area contributed by atoms with E-state index in [9.17, 15) is 13.2 Å². The van der Waals surface area contributed by atoms with Gasteiger partial charge in [-0.3, -0.25) is 4.79 Å². The highest BCUT2D eigenvalue weighted by atomic mass is 32.2. The Morgan fingerprint density at radius 3 is 2.38 bits per heavy atom. The molecule has 1 aliphatic heterocycles. The van der Waals surface area contributed by atoms with Gasteiger partial charge in [-0.2, -0.15) is 4.31 Å². The zero-order valence-electron chi connectivity index (χ0n) is 17.7. The Bertz CT molecular complexity index is 1150. The fraction of sp³-hybridized carbons (Fsp3) is 0.240. The lowest BCUT2D eigenvalue weighted by Crippen LogP contribution is -2.38. The highest BCUT2D eigenvalue weighted by Gasteiger charge is 2.29. The van der Waals surface area contributed by atoms with Crippen molar-refractivity contribution in [2.24, 2.45) is 5.92 Å². The van der Waals surface area contributed by atoms with E-state index in [1.165, 1.54) is 30.0 Å². The van der Waals surface area contributed by atoms with Gasteiger partial charge in [0.2, 0.25) is 15.9 Å². The van der Waals surface area contributed by atoms with Gasteiger partial charge in [-0.25, -0.2) is 8.42 Å². The van der Waals surface area contributed by atoms with E-state index in [4.69, 9.17) is 4.42 Å². The van der Waals surface area contributed by atoms with Crippen molar-refractivity contribution >= 4 is 27.7 Å². The summed E-state index contributed by atoms with van der Waals surface area (Å²) in [5, 5.41) is 2.72. The molecule has 1 amide bonds. The number of hydrogen-bond acceptors (Lipinski definition) is 4. The maximum atomic E-state index is 13.0. The van der Waals surface area contributed by atoms with E-state index in [-0.39, 0.29) is 10.8 Å². The third kappa shape index (κ3) is 5.55. The number of nitrogens with one attached hydrogen (secondary N) is 1. The molecule has 0 saturated carbocycles. The molecule has 0 radical (unpaired) electrons. The van der Waals surface area contributed by atoms with Gasteiger partial charge in [0.25, 0.3) is 0 Å². The van der Waals surface area contributed by atoms with Gasteiger partial charge in [0.15, 0.2) is 0 Å². The molecule has 0 unspecified atom stereocenters. The zero-order chi connectivity index (χ0) is 22.4. The van der Waals surface area contributed by atoms with E-state index in [2.05, 4.69) is 17.4 Å². The molecule has 1 aliphatic rings. The van der Waals surface area contributed by atoms with Crippen LogP contribution in [0, 0.1) is 5.92 Å². The number of benzene rings is 2. The van der Waals surface area contributed by atoms with Crippen molar-refractivity contribution in [3.05, 3.63) is 90.4 Å². The third-order valence-corrected chi connectivity index (χ3v) is 7.56. The summed E-state index contributed by atoms with van der Waals surface area (Å²) in [4.78, 5) is 12.3. The maximum absolute atomic E-state index is 13.0. The van der Waals surface area contributed by atoms with Crippen LogP contribution in [-0.4, -0.2) is 31.7 Å². The van der Waals surface area contributed by atoms with Gasteiger partial charge in [0.1, 0.15) is 5.76 Å². The number of nitrogens with zero attached hydrogens (tertiary/aromatic N) is 1. The Morgan fingerprint density at radius 1 is 1.00 bits per heavy atom. The molecule has 0 aliphatic carbocycles. The summed E-state index contributed by atoms with van der Waals surface area (Å²) >= 11 is 0. The molecule has 0 bridgehead atoms. The lowest BCUT2D eigenvalue weighted by atomic mass is 9.91. The van der Waals surface area contributed by atoms with Crippen LogP contribution in [0.2, 0.25) is 0 Å². The van der Waals surface area contributed by atoms with E-state index in [0.29, 0.717) is 30.5 Å². The molecule has 1 N–H and O–H groups in total. The molecule has 0 atom stereocenters. The summed E-state index contributed by atoms with van der Waals surface area (Å²) in [5.41, 5.74) is 1.82. The molecule has 4 rings (SSSR count). The van der Waals surface area contributed by atoms with Crippen LogP contribution in [0.25, 0.3) is 6.08 Å². The molecule has 1 saturated heterocycles. The molecule has 2 heterocycles. The number of carbonyl (C=O) groups is 1. The first-order chi connectivity index (χ1) is 15.5. The van der Waals surface area contributed by atoms with Crippen molar-refractivity contribution in [2.75, 3.05) is 18.4 Å². The molecule has 32 heavy (non-hydrogen) atoms. The number of rotatable bonds is 7. The molecule has 6 nitrogen and oxygen atoms in total. The molecule has 3 aromatic rings. The highest BCUT2D eigenvalue weighted by Crippen LogP contribution is 2.26. The van der Waals surface area contributed by atoms with E-state index in [0.717, 1.165) is 19.3 Å². The van der Waals surface area contributed by atoms with Crippen LogP contribution in [0.15, 0.2) is 88.4 Å². The van der Waals surface area contributed by atoms with Gasteiger partial charge < -0.3 is 9.73 Å². The van der Waals surface area contributed by atoms with Crippen molar-refractivity contribution in [2.45, 2.75) is 24.2 Å². The number of furan rings is 1. The summed E-state index contributed by atoms with van der Waals surface area (Å²) in [6, 6.07) is 20.1. The number of sulfonamides is 1. The van der Waals surface area contributed by atoms with Crippen molar-refractivity contribution in [1.29, 1.82) is 0 Å². The molecule has 7 heteroatoms. The smallest absolute Gasteiger partial charge is 0.248 e. The van der Waals surface area contributed by atoms with E-state index < -0.39 is 10.0 Å². The highest BCUT2D eigenvalue weighted by molar-refractivity contribution is 7.89. The third-order valence-electron chi connectivity index (χ3n) is 5.64. The minimum absolute atomic E-state index is 0.239. The Hall–Kier alpha value is -3.16. The van der Waals surface area contributed by atoms with Crippen molar-refractivity contribution in [1.82, 2.24) is 4.31 Å². The number of anilines is 1. The first kappa shape index (κ1) is 22.0. The number of hydrogen-bond donors (Lipinski definition) is 1. The molecule has 1 aromatic heterocycles. The quantitative estimate of drug-likeness (QED) is 0.535. The molecular formula is C25H26N2O4S. The Morgan fingerprint density at radius 2 is 1.72 bits per heavy atom. The van der Waals surface area contributed by atoms with Gasteiger partial charge in [-0.1, -0.05) is 30.3 Å². The maximum Gasteiger partial charge on any atom is 0.248 e. The summed E-state index contributed by atoms with van der Waals surface area (Å²) in [6.45, 7) is 1.05. The zero-order valence-corrected chi connectivity index (χ0v) is 18.5. The van der Waals surface area contributed by atoms with Crippen LogP contribution in [0.3, 0.4) is 0 Å². The lowest BCUT2D eigenvalue weighted by molar-refractivity contribution is -0.111. The second kappa shape index (κ2) is 9.97. The summed E-state index contributed by atoms with van der Waals surface area (Å²) < 4.78 is 32.8. The van der Waals surface area contributed by atoms with Crippen LogP contribution in [0.5, 0.6) is 0 Å². The van der Waals surface area contributed by atoms with Gasteiger partial charge in [0, 0.05) is 24.9 Å². The Balaban J connectivity index is 1.32. The molecular weight excluding hydrogens is 424 g/mol. The summed E-state index contributed by atoms with van der Waals surface area (Å²) in [7, 11) is -3.55. The molecule has 2 aromatic carbocycles. The van der Waals surface area contributed by atoms with Crippen molar-refractivity contribution < 1.29 is 17.6 Å². The summed E-state index contributed by atoms with van der Waals surface area (Å²) in [5.74, 6) is 0.752. The van der Waals surface area contributed by atoms with E-state index in [1.807, 2.05) is 18.2 Å². The van der Waals surface area contributed by atoms with Gasteiger partial charge in [0.05, 0.1) is 11.2 Å². The van der Waals surface area contributed by atoms with Gasteiger partial charge in [-0.15, -0.1) is 0 Å². The molecule has 0 spiro atoms. The largest absolute Gasteiger partial charge is 0.465 e. The Kier molecular flexibility index (Phi) is 6.87. The molecule has 166 valence electrons. The fourth-order valence-corrected chi connectivity index (χ4v) is 5.36. The Labute approximate surface area is 188 Å². The minimum Gasteiger partial charge on any atom is -0.465 e. The van der Waals surface area contributed by atoms with Gasteiger partial charge in [-0.05, 0) is 73.2 Å². The minimum atomic E-state index is -3.55. The van der Waals surface area contributed by atoms with Crippen LogP contribution in [0.1, 0.15) is 24.2 Å². The average Bonchev–Trinajstić information content (AvgIpc) is 3.33. The number of amides is 1. The number of carbonyl (C=O) groups excluding carboxylic acids is 1. The number of piperidine rings is 1. The van der Waals surface area contributed by atoms with Crippen molar-refractivity contribution in [3.8, 4) is 0 Å². The SMILES string of the molecule is O=C(/C=C/c1ccco1)Nc1ccc(S(=O)(=O)N2CCC(Cc3ccccc3)CC2)cc1. The van der Waals surface area contributed by atoms with Crippen LogP contribution in [0.4, 0.5) is 5.69 Å². The van der Waals surface area contributed by atoms with Crippen LogP contribution in [-0.2, 0) is 21.2 Å². The monoisotopic (exact) mass is 450 g/mol. The first-order valence-electron chi connectivity index (χ1n) is 10.7. The lowest BCUT2D eigenvalue weighted by Gasteiger charge is -2.31. The topological polar surface area (TPSA) is 79.6 Å². The normalized spacial score (nSPS) is 15.8. The van der Waals surface area contributed by atoms with Crippen LogP contribution < -0.4 is 5.32 Å². The standard InChI is InChI=1S/C25H26N2O4S/c28-25(13-10-23-7-4-18-31-23)26-22-8-11-24(12-9-22)32(29,30)27-16-14-21(15-17-27)19-20-5-2-1-3-6-20/h1-13,18,21H,14-17,19H2,(H,26,28)/b13-10+. The van der Waals surface area contributed by atoms with E-state index in [1.54, 1.807) is 34.6 Å². The fourth-order valence-electron chi connectivity index (χ4n) is 3.89. The second-order valence-electron chi connectivity index (χ2n) is 7.90. The van der Waals surface area contributed by atoms with Crippen LogP contribution >= 0.6 is 0 Å².